The van der Waals surface area contributed by atoms with Crippen LogP contribution in [0.25, 0.3) is 0 Å². The summed E-state index contributed by atoms with van der Waals surface area (Å²) in [6, 6.07) is 0. The van der Waals surface area contributed by atoms with Crippen molar-refractivity contribution >= 4 is 35.8 Å². The van der Waals surface area contributed by atoms with Gasteiger partial charge in [-0.15, -0.1) is 0 Å². The maximum atomic E-state index is 17.3. The highest BCUT2D eigenvalue weighted by atomic mass is 19.3. The summed E-state index contributed by atoms with van der Waals surface area (Å²) in [5.74, 6) is -23.8. The minimum absolute atomic E-state index is 0.253. The molecule has 0 N–H and O–H groups in total. The lowest BCUT2D eigenvalue weighted by atomic mass is 9.85. The number of hydrogen-bond donors (Lipinski definition) is 0. The van der Waals surface area contributed by atoms with Crippen molar-refractivity contribution in [2.45, 2.75) is 73.7 Å². The zero-order valence-corrected chi connectivity index (χ0v) is 42.8. The Hall–Kier alpha value is -6.28. The van der Waals surface area contributed by atoms with E-state index >= 15 is 52.7 Å². The van der Waals surface area contributed by atoms with Crippen molar-refractivity contribution < 1.29 is 169 Å². The summed E-state index contributed by atoms with van der Waals surface area (Å²) < 4.78 is 335. The minimum atomic E-state index is -6.80. The van der Waals surface area contributed by atoms with Crippen LogP contribution in [0.3, 0.4) is 0 Å². The Morgan fingerprint density at radius 3 is 0.904 bits per heavy atom. The second-order valence-electron chi connectivity index (χ2n) is 16.5. The lowest BCUT2D eigenvalue weighted by molar-refractivity contribution is -0.481. The van der Waals surface area contributed by atoms with Crippen LogP contribution in [-0.2, 0) is 90.3 Å². The molecule has 19 nitrogen and oxygen atoms in total. The van der Waals surface area contributed by atoms with Crippen LogP contribution in [0.5, 0.6) is 0 Å². The number of ether oxygens (including phenoxy) is 13. The van der Waals surface area contributed by atoms with Crippen LogP contribution in [0, 0.1) is 10.8 Å². The molecule has 0 saturated carbocycles. The molecule has 0 amide bonds. The molecule has 0 saturated heterocycles. The molecular weight excluding hydrogens is 1200 g/mol. The van der Waals surface area contributed by atoms with Crippen molar-refractivity contribution in [3.8, 4) is 0 Å². The van der Waals surface area contributed by atoms with Gasteiger partial charge >= 0.3 is 90.2 Å². The van der Waals surface area contributed by atoms with Gasteiger partial charge in [0.2, 0.25) is 0 Å². The summed E-state index contributed by atoms with van der Waals surface area (Å²) in [5, 5.41) is 0. The summed E-state index contributed by atoms with van der Waals surface area (Å²) in [6.07, 6.45) is -41.3. The number of hydrogen-bond acceptors (Lipinski definition) is 19. The predicted molar refractivity (Wildman–Crippen MR) is 237 cm³/mol. The Labute approximate surface area is 457 Å². The van der Waals surface area contributed by atoms with E-state index in [1.165, 1.54) is 0 Å². The van der Waals surface area contributed by atoms with Gasteiger partial charge in [-0.25, -0.2) is 55.1 Å². The van der Waals surface area contributed by atoms with Gasteiger partial charge in [-0.1, -0.05) is 39.5 Å². The summed E-state index contributed by atoms with van der Waals surface area (Å²) in [6.45, 7) is -17.4. The molecule has 0 aliphatic heterocycles. The minimum Gasteiger partial charge on any atom is -0.462 e. The Morgan fingerprint density at radius 1 is 0.301 bits per heavy atom. The topological polar surface area (TPSA) is 222 Å². The van der Waals surface area contributed by atoms with E-state index < -0.39 is 213 Å². The average molecular weight is 1250 g/mol. The van der Waals surface area contributed by atoms with Gasteiger partial charge in [-0.3, -0.25) is 9.47 Å². The van der Waals surface area contributed by atoms with Crippen molar-refractivity contribution in [3.63, 3.8) is 0 Å². The van der Waals surface area contributed by atoms with Crippen LogP contribution in [0.2, 0.25) is 0 Å². The molecule has 0 bridgehead atoms. The second kappa shape index (κ2) is 32.7. The van der Waals surface area contributed by atoms with Crippen LogP contribution in [-0.4, -0.2) is 183 Å². The monoisotopic (exact) mass is 1250 g/mol. The highest BCUT2D eigenvalue weighted by Crippen LogP contribution is 2.54. The Kier molecular flexibility index (Phi) is 30.2. The molecule has 0 aromatic rings. The molecule has 0 aromatic carbocycles. The summed E-state index contributed by atoms with van der Waals surface area (Å²) in [5.41, 5.74) is -10.8. The highest BCUT2D eigenvalue weighted by Gasteiger charge is 2.74. The second-order valence-corrected chi connectivity index (χ2v) is 16.5. The fourth-order valence-electron chi connectivity index (χ4n) is 5.26. The van der Waals surface area contributed by atoms with Gasteiger partial charge in [0.15, 0.2) is 25.2 Å². The highest BCUT2D eigenvalue weighted by molar-refractivity contribution is 5.82. The zero-order valence-electron chi connectivity index (χ0n) is 42.8. The maximum absolute atomic E-state index is 17.3. The molecule has 0 aromatic heterocycles. The molecule has 0 aliphatic rings. The van der Waals surface area contributed by atoms with E-state index in [-0.39, 0.29) is 18.2 Å². The molecule has 0 rings (SSSR count). The summed E-state index contributed by atoms with van der Waals surface area (Å²) in [4.78, 5) is 68.7. The van der Waals surface area contributed by atoms with Crippen LogP contribution < -0.4 is 0 Å². The number of carbonyl (C=O) groups is 6. The van der Waals surface area contributed by atoms with E-state index in [4.69, 9.17) is 0 Å². The first-order valence-electron chi connectivity index (χ1n) is 22.5. The van der Waals surface area contributed by atoms with E-state index in [1.807, 2.05) is 0 Å². The van der Waals surface area contributed by atoms with Crippen molar-refractivity contribution in [2.75, 3.05) is 92.5 Å². The summed E-state index contributed by atoms with van der Waals surface area (Å²) >= 11 is 0. The summed E-state index contributed by atoms with van der Waals surface area (Å²) in [7, 11) is 0. The van der Waals surface area contributed by atoms with Gasteiger partial charge in [-0.2, -0.15) is 52.7 Å². The Balaban J connectivity index is 8.70. The van der Waals surface area contributed by atoms with Crippen LogP contribution in [0.1, 0.15) is 19.3 Å². The molecule has 0 aliphatic carbocycles. The number of alkyl halides is 18. The van der Waals surface area contributed by atoms with E-state index in [9.17, 15) is 55.1 Å². The largest absolute Gasteiger partial charge is 0.462 e. The zero-order chi connectivity index (χ0) is 64.4. The van der Waals surface area contributed by atoms with Gasteiger partial charge in [0.05, 0.1) is 72.1 Å². The fraction of sp³-hybridized carbons (Fsp3) is 0.609. The van der Waals surface area contributed by atoms with E-state index in [0.717, 1.165) is 0 Å². The van der Waals surface area contributed by atoms with Crippen LogP contribution >= 0.6 is 0 Å². The number of esters is 6. The molecule has 476 valence electrons. The normalized spacial score (nSPS) is 13.8. The lowest BCUT2D eigenvalue weighted by Crippen LogP contribution is -2.65. The fourth-order valence-corrected chi connectivity index (χ4v) is 5.26. The number of carbonyl (C=O) groups excluding carboxylic acids is 6. The van der Waals surface area contributed by atoms with Gasteiger partial charge in [0, 0.05) is 36.5 Å². The first kappa shape index (κ1) is 76.7. The molecule has 0 heterocycles. The van der Waals surface area contributed by atoms with Crippen LogP contribution in [0.4, 0.5) is 79.0 Å². The molecule has 1 atom stereocenters. The third-order valence-corrected chi connectivity index (χ3v) is 9.58. The van der Waals surface area contributed by atoms with Gasteiger partial charge in [-0.05, 0) is 0 Å². The predicted octanol–water partition coefficient (Wildman–Crippen LogP) is 8.08. The first-order chi connectivity index (χ1) is 37.9. The number of halogens is 18. The van der Waals surface area contributed by atoms with Crippen LogP contribution in [0.15, 0.2) is 75.9 Å². The molecule has 83 heavy (non-hydrogen) atoms. The van der Waals surface area contributed by atoms with Gasteiger partial charge < -0.3 is 52.1 Å². The molecule has 1 unspecified atom stereocenters. The molecule has 0 radical (unpaired) electrons. The van der Waals surface area contributed by atoms with Crippen molar-refractivity contribution in [3.05, 3.63) is 75.9 Å². The van der Waals surface area contributed by atoms with Crippen molar-refractivity contribution in [2.24, 2.45) is 10.8 Å². The van der Waals surface area contributed by atoms with Crippen molar-refractivity contribution in [1.29, 1.82) is 0 Å². The molecule has 0 fully saturated rings. The molecule has 37 heteroatoms. The smallest absolute Gasteiger partial charge is 0.378 e. The number of rotatable bonds is 46. The standard InChI is InChI=1S/C46H52F18O19/c1-7-30(65)74-16-13-41(53,54)80-20-36(19-71-24-38(47,48)27-77-33(68)10-4,44(59,60)82-42(55,56)14-17-75-31(66)8-2)21-81-45(61,62)37(22-72-25-39(49,50)28-78-34(69)11-5,23-73-26-40(51,52)29-79-35(70)12-6)46(63,64)83-43(57,58)15-18-76-32(67)9-3/h7-12H,1-6,13-29H2. The van der Waals surface area contributed by atoms with Gasteiger partial charge in [0.25, 0.3) is 0 Å². The average Bonchev–Trinajstić information content (AvgIpc) is 3.38. The Morgan fingerprint density at radius 2 is 0.578 bits per heavy atom. The third kappa shape index (κ3) is 27.8. The van der Waals surface area contributed by atoms with E-state index in [1.54, 1.807) is 0 Å². The molecular formula is C46H52F18O19. The third-order valence-electron chi connectivity index (χ3n) is 9.58. The van der Waals surface area contributed by atoms with E-state index in [0.29, 0.717) is 18.2 Å². The Bertz CT molecular complexity index is 2170. The van der Waals surface area contributed by atoms with Gasteiger partial charge in [0.1, 0.15) is 25.2 Å². The SMILES string of the molecule is C=CC(=O)OCCC(F)(F)OCC(COCC(F)(F)COC(=O)C=C)(COC(F)(F)C(COCC(F)(F)COC(=O)C=C)(COCC(F)(F)COC(=O)C=C)C(F)(F)OC(F)(F)CCOC(=O)C=C)C(F)(F)OC(F)(F)CCOC(=O)C=C. The molecule has 0 spiro atoms. The quantitative estimate of drug-likeness (QED) is 0.0243. The maximum Gasteiger partial charge on any atom is 0.378 e. The first-order valence-corrected chi connectivity index (χ1v) is 22.5. The lowest BCUT2D eigenvalue weighted by Gasteiger charge is -2.46. The van der Waals surface area contributed by atoms with Crippen molar-refractivity contribution in [1.82, 2.24) is 0 Å². The van der Waals surface area contributed by atoms with E-state index in [2.05, 4.69) is 101 Å².